The summed E-state index contributed by atoms with van der Waals surface area (Å²) in [5.41, 5.74) is 2.41. The first-order valence-electron chi connectivity index (χ1n) is 3.74. The molecule has 0 heterocycles. The highest BCUT2D eigenvalue weighted by Crippen LogP contribution is 2.04. The SMILES string of the molecule is [CH2]c1cccc(CN(C)C)c1. The summed E-state index contributed by atoms with van der Waals surface area (Å²) in [7, 11) is 4.13. The average molecular weight is 148 g/mol. The van der Waals surface area contributed by atoms with Gasteiger partial charge in [-0.2, -0.15) is 0 Å². The molecule has 0 aliphatic carbocycles. The van der Waals surface area contributed by atoms with Crippen LogP contribution in [-0.4, -0.2) is 19.0 Å². The zero-order valence-electron chi connectivity index (χ0n) is 7.17. The Hall–Kier alpha value is -0.820. The maximum absolute atomic E-state index is 3.87. The van der Waals surface area contributed by atoms with Gasteiger partial charge < -0.3 is 4.90 Å². The van der Waals surface area contributed by atoms with E-state index in [2.05, 4.69) is 38.1 Å². The molecule has 0 fully saturated rings. The standard InChI is InChI=1S/C10H14N/c1-9-5-4-6-10(7-9)8-11(2)3/h4-7H,1,8H2,2-3H3. The Morgan fingerprint density at radius 2 is 2.09 bits per heavy atom. The minimum absolute atomic E-state index is 0.989. The van der Waals surface area contributed by atoms with E-state index in [0.717, 1.165) is 12.1 Å². The third-order valence-electron chi connectivity index (χ3n) is 1.49. The van der Waals surface area contributed by atoms with Gasteiger partial charge in [0.05, 0.1) is 0 Å². The van der Waals surface area contributed by atoms with Gasteiger partial charge in [0.15, 0.2) is 0 Å². The molecule has 0 aliphatic rings. The molecule has 1 rings (SSSR count). The van der Waals surface area contributed by atoms with Crippen molar-refractivity contribution >= 4 is 0 Å². The second kappa shape index (κ2) is 3.54. The first kappa shape index (κ1) is 8.28. The Balaban J connectivity index is 2.71. The van der Waals surface area contributed by atoms with Crippen molar-refractivity contribution in [2.75, 3.05) is 14.1 Å². The molecule has 0 aromatic heterocycles. The number of benzene rings is 1. The van der Waals surface area contributed by atoms with Crippen LogP contribution in [-0.2, 0) is 6.54 Å². The minimum Gasteiger partial charge on any atom is -0.305 e. The summed E-state index contributed by atoms with van der Waals surface area (Å²) in [5.74, 6) is 0. The number of hydrogen-bond donors (Lipinski definition) is 0. The van der Waals surface area contributed by atoms with Crippen LogP contribution in [0.15, 0.2) is 24.3 Å². The Morgan fingerprint density at radius 1 is 1.36 bits per heavy atom. The van der Waals surface area contributed by atoms with Gasteiger partial charge in [-0.25, -0.2) is 0 Å². The maximum atomic E-state index is 3.87. The molecule has 0 N–H and O–H groups in total. The highest BCUT2D eigenvalue weighted by Gasteiger charge is 1.93. The van der Waals surface area contributed by atoms with E-state index >= 15 is 0 Å². The predicted octanol–water partition coefficient (Wildman–Crippen LogP) is 1.93. The first-order valence-corrected chi connectivity index (χ1v) is 3.74. The van der Waals surface area contributed by atoms with E-state index in [1.54, 1.807) is 0 Å². The van der Waals surface area contributed by atoms with Crippen molar-refractivity contribution in [1.82, 2.24) is 4.90 Å². The number of nitrogens with zero attached hydrogens (tertiary/aromatic N) is 1. The second-order valence-electron chi connectivity index (χ2n) is 3.06. The molecule has 1 nitrogen and oxygen atoms in total. The summed E-state index contributed by atoms with van der Waals surface area (Å²) in [6.07, 6.45) is 0. The lowest BCUT2D eigenvalue weighted by molar-refractivity contribution is 0.402. The first-order chi connectivity index (χ1) is 5.18. The second-order valence-corrected chi connectivity index (χ2v) is 3.06. The Kier molecular flexibility index (Phi) is 2.66. The molecule has 1 heteroatoms. The van der Waals surface area contributed by atoms with Crippen molar-refractivity contribution in [3.8, 4) is 0 Å². The Bertz CT molecular complexity index is 228. The van der Waals surface area contributed by atoms with Crippen molar-refractivity contribution in [2.24, 2.45) is 0 Å². The lowest BCUT2D eigenvalue weighted by Crippen LogP contribution is -2.10. The summed E-state index contributed by atoms with van der Waals surface area (Å²) in [5, 5.41) is 0. The van der Waals surface area contributed by atoms with Crippen LogP contribution in [0, 0.1) is 6.92 Å². The van der Waals surface area contributed by atoms with Crippen LogP contribution < -0.4 is 0 Å². The van der Waals surface area contributed by atoms with Gasteiger partial charge in [0.2, 0.25) is 0 Å². The Labute approximate surface area is 68.7 Å². The summed E-state index contributed by atoms with van der Waals surface area (Å²) < 4.78 is 0. The fourth-order valence-corrected chi connectivity index (χ4v) is 1.09. The normalized spacial score (nSPS) is 10.5. The van der Waals surface area contributed by atoms with Gasteiger partial charge in [0.1, 0.15) is 0 Å². The van der Waals surface area contributed by atoms with Crippen molar-refractivity contribution in [1.29, 1.82) is 0 Å². The predicted molar refractivity (Wildman–Crippen MR) is 48.3 cm³/mol. The van der Waals surface area contributed by atoms with Gasteiger partial charge >= 0.3 is 0 Å². The van der Waals surface area contributed by atoms with Gasteiger partial charge in [0, 0.05) is 6.54 Å². The zero-order valence-corrected chi connectivity index (χ0v) is 7.17. The topological polar surface area (TPSA) is 3.24 Å². The van der Waals surface area contributed by atoms with E-state index in [-0.39, 0.29) is 0 Å². The molecule has 0 bridgehead atoms. The number of rotatable bonds is 2. The average Bonchev–Trinajstić information content (AvgIpc) is 1.85. The van der Waals surface area contributed by atoms with Crippen molar-refractivity contribution in [3.63, 3.8) is 0 Å². The molecule has 0 unspecified atom stereocenters. The molecule has 1 radical (unpaired) electrons. The van der Waals surface area contributed by atoms with E-state index < -0.39 is 0 Å². The van der Waals surface area contributed by atoms with Gasteiger partial charge in [-0.15, -0.1) is 0 Å². The summed E-state index contributed by atoms with van der Waals surface area (Å²) >= 11 is 0. The van der Waals surface area contributed by atoms with Crippen LogP contribution >= 0.6 is 0 Å². The minimum atomic E-state index is 0.989. The van der Waals surface area contributed by atoms with Gasteiger partial charge in [-0.05, 0) is 32.1 Å². The van der Waals surface area contributed by atoms with E-state index in [9.17, 15) is 0 Å². The summed E-state index contributed by atoms with van der Waals surface area (Å²) in [6, 6.07) is 8.29. The molecule has 0 saturated heterocycles. The highest BCUT2D eigenvalue weighted by atomic mass is 15.0. The molecule has 0 atom stereocenters. The molecule has 11 heavy (non-hydrogen) atoms. The largest absolute Gasteiger partial charge is 0.305 e. The van der Waals surface area contributed by atoms with Crippen LogP contribution in [0.25, 0.3) is 0 Å². The molecule has 1 aromatic rings. The molecular weight excluding hydrogens is 134 g/mol. The molecular formula is C10H14N. The van der Waals surface area contributed by atoms with Crippen molar-refractivity contribution in [3.05, 3.63) is 42.3 Å². The highest BCUT2D eigenvalue weighted by molar-refractivity contribution is 5.25. The lowest BCUT2D eigenvalue weighted by atomic mass is 10.1. The van der Waals surface area contributed by atoms with E-state index in [4.69, 9.17) is 0 Å². The van der Waals surface area contributed by atoms with Crippen LogP contribution in [0.5, 0.6) is 0 Å². The molecule has 0 amide bonds. The molecule has 1 aromatic carbocycles. The third-order valence-corrected chi connectivity index (χ3v) is 1.49. The van der Waals surface area contributed by atoms with Gasteiger partial charge in [-0.3, -0.25) is 0 Å². The van der Waals surface area contributed by atoms with E-state index in [1.165, 1.54) is 5.56 Å². The third kappa shape index (κ3) is 2.72. The molecule has 59 valence electrons. The number of hydrogen-bond acceptors (Lipinski definition) is 1. The monoisotopic (exact) mass is 148 g/mol. The molecule has 0 aliphatic heterocycles. The smallest absolute Gasteiger partial charge is 0.0227 e. The maximum Gasteiger partial charge on any atom is 0.0227 e. The van der Waals surface area contributed by atoms with E-state index in [1.807, 2.05) is 12.1 Å². The molecule has 0 spiro atoms. The van der Waals surface area contributed by atoms with Crippen LogP contribution in [0.1, 0.15) is 11.1 Å². The van der Waals surface area contributed by atoms with Crippen LogP contribution in [0.4, 0.5) is 0 Å². The summed E-state index contributed by atoms with van der Waals surface area (Å²) in [6.45, 7) is 4.86. The van der Waals surface area contributed by atoms with Crippen molar-refractivity contribution < 1.29 is 0 Å². The lowest BCUT2D eigenvalue weighted by Gasteiger charge is -2.09. The zero-order chi connectivity index (χ0) is 8.27. The van der Waals surface area contributed by atoms with E-state index in [0.29, 0.717) is 0 Å². The van der Waals surface area contributed by atoms with Gasteiger partial charge in [0.25, 0.3) is 0 Å². The van der Waals surface area contributed by atoms with Crippen molar-refractivity contribution in [2.45, 2.75) is 6.54 Å². The van der Waals surface area contributed by atoms with Crippen LogP contribution in [0.2, 0.25) is 0 Å². The fraction of sp³-hybridized carbons (Fsp3) is 0.300. The summed E-state index contributed by atoms with van der Waals surface area (Å²) in [4.78, 5) is 2.15. The quantitative estimate of drug-likeness (QED) is 0.619. The van der Waals surface area contributed by atoms with Crippen LogP contribution in [0.3, 0.4) is 0 Å². The molecule has 0 saturated carbocycles. The fourth-order valence-electron chi connectivity index (χ4n) is 1.09. The Morgan fingerprint density at radius 3 is 2.64 bits per heavy atom. The van der Waals surface area contributed by atoms with Gasteiger partial charge in [-0.1, -0.05) is 24.3 Å².